The zero-order chi connectivity index (χ0) is 14.8. The quantitative estimate of drug-likeness (QED) is 0.851. The number of hydrogen-bond donors (Lipinski definition) is 2. The lowest BCUT2D eigenvalue weighted by atomic mass is 9.98. The molecule has 1 aromatic rings. The van der Waals surface area contributed by atoms with Crippen molar-refractivity contribution in [1.29, 1.82) is 0 Å². The molecule has 1 saturated heterocycles. The van der Waals surface area contributed by atoms with Gasteiger partial charge in [0.15, 0.2) is 0 Å². The molecule has 0 atom stereocenters. The number of sulfonamides is 1. The van der Waals surface area contributed by atoms with Crippen LogP contribution in [0.4, 0.5) is 5.82 Å². The number of rotatable bonds is 4. The van der Waals surface area contributed by atoms with Crippen molar-refractivity contribution < 1.29 is 8.42 Å². The maximum absolute atomic E-state index is 12.6. The van der Waals surface area contributed by atoms with E-state index in [2.05, 4.69) is 10.3 Å². The number of aromatic nitrogens is 1. The molecule has 0 radical (unpaired) electrons. The van der Waals surface area contributed by atoms with Crippen molar-refractivity contribution in [3.63, 3.8) is 0 Å². The van der Waals surface area contributed by atoms with E-state index < -0.39 is 10.0 Å². The maximum atomic E-state index is 12.6. The molecule has 1 fully saturated rings. The number of nitrogens with two attached hydrogens (primary N) is 1. The van der Waals surface area contributed by atoms with Gasteiger partial charge in [0.05, 0.1) is 5.02 Å². The standard InChI is InChI=1S/C12H19ClN4O2S.ClH/c1-15-7-9-2-4-17(5-3-9)20(18,19)11-6-10(13)8-16-12(11)14;/h6,8-9,15H,2-5,7H2,1H3,(H2,14,16);1H. The van der Waals surface area contributed by atoms with Crippen LogP contribution < -0.4 is 11.1 Å². The van der Waals surface area contributed by atoms with Crippen LogP contribution in [0.15, 0.2) is 17.2 Å². The number of anilines is 1. The van der Waals surface area contributed by atoms with Crippen molar-refractivity contribution in [1.82, 2.24) is 14.6 Å². The molecule has 0 aromatic carbocycles. The fraction of sp³-hybridized carbons (Fsp3) is 0.583. The zero-order valence-electron chi connectivity index (χ0n) is 11.8. The summed E-state index contributed by atoms with van der Waals surface area (Å²) in [5.74, 6) is 0.507. The lowest BCUT2D eigenvalue weighted by Gasteiger charge is -2.31. The van der Waals surface area contributed by atoms with E-state index >= 15 is 0 Å². The van der Waals surface area contributed by atoms with Crippen LogP contribution in [0.25, 0.3) is 0 Å². The minimum absolute atomic E-state index is 0. The van der Waals surface area contributed by atoms with Crippen molar-refractivity contribution in [2.24, 2.45) is 5.92 Å². The van der Waals surface area contributed by atoms with Gasteiger partial charge >= 0.3 is 0 Å². The lowest BCUT2D eigenvalue weighted by Crippen LogP contribution is -2.40. The first-order valence-corrected chi connectivity index (χ1v) is 8.32. The molecule has 0 bridgehead atoms. The highest BCUT2D eigenvalue weighted by Gasteiger charge is 2.31. The Bertz CT molecular complexity index is 575. The predicted octanol–water partition coefficient (Wildman–Crippen LogP) is 1.36. The van der Waals surface area contributed by atoms with Crippen LogP contribution in [0.3, 0.4) is 0 Å². The Labute approximate surface area is 136 Å². The van der Waals surface area contributed by atoms with E-state index in [9.17, 15) is 8.42 Å². The molecule has 3 N–H and O–H groups in total. The first-order valence-electron chi connectivity index (χ1n) is 6.51. The Kier molecular flexibility index (Phi) is 6.68. The van der Waals surface area contributed by atoms with Gasteiger partial charge in [0.1, 0.15) is 10.7 Å². The summed E-state index contributed by atoms with van der Waals surface area (Å²) in [6.07, 6.45) is 3.02. The summed E-state index contributed by atoms with van der Waals surface area (Å²) in [5.41, 5.74) is 5.67. The highest BCUT2D eigenvalue weighted by molar-refractivity contribution is 7.89. The molecule has 0 amide bonds. The molecule has 1 aliphatic rings. The van der Waals surface area contributed by atoms with Crippen LogP contribution in [0, 0.1) is 5.92 Å². The smallest absolute Gasteiger partial charge is 0.246 e. The van der Waals surface area contributed by atoms with Crippen molar-refractivity contribution in [3.8, 4) is 0 Å². The molecule has 0 spiro atoms. The molecule has 120 valence electrons. The summed E-state index contributed by atoms with van der Waals surface area (Å²) in [4.78, 5) is 3.81. The van der Waals surface area contributed by atoms with E-state index in [0.717, 1.165) is 19.4 Å². The minimum atomic E-state index is -3.61. The van der Waals surface area contributed by atoms with Gasteiger partial charge < -0.3 is 11.1 Å². The molecule has 2 heterocycles. The topological polar surface area (TPSA) is 88.3 Å². The van der Waals surface area contributed by atoms with Crippen LogP contribution in [0.5, 0.6) is 0 Å². The summed E-state index contributed by atoms with van der Waals surface area (Å²) < 4.78 is 26.6. The fourth-order valence-electron chi connectivity index (χ4n) is 2.42. The van der Waals surface area contributed by atoms with Gasteiger partial charge in [-0.05, 0) is 38.4 Å². The second kappa shape index (κ2) is 7.60. The van der Waals surface area contributed by atoms with E-state index in [1.54, 1.807) is 0 Å². The van der Waals surface area contributed by atoms with Gasteiger partial charge in [-0.1, -0.05) is 11.6 Å². The second-order valence-corrected chi connectivity index (χ2v) is 7.28. The summed E-state index contributed by atoms with van der Waals surface area (Å²) >= 11 is 5.82. The Hall–Kier alpha value is -0.600. The zero-order valence-corrected chi connectivity index (χ0v) is 14.1. The average molecular weight is 355 g/mol. The Morgan fingerprint density at radius 2 is 2.10 bits per heavy atom. The number of nitrogen functional groups attached to an aromatic ring is 1. The highest BCUT2D eigenvalue weighted by Crippen LogP contribution is 2.27. The number of pyridine rings is 1. The van der Waals surface area contributed by atoms with Crippen molar-refractivity contribution >= 4 is 39.8 Å². The Morgan fingerprint density at radius 1 is 1.48 bits per heavy atom. The maximum Gasteiger partial charge on any atom is 0.246 e. The van der Waals surface area contributed by atoms with Gasteiger partial charge in [0, 0.05) is 19.3 Å². The van der Waals surface area contributed by atoms with Crippen molar-refractivity contribution in [2.75, 3.05) is 32.4 Å². The normalized spacial score (nSPS) is 17.4. The van der Waals surface area contributed by atoms with Gasteiger partial charge in [-0.2, -0.15) is 4.31 Å². The number of nitrogens with zero attached hydrogens (tertiary/aromatic N) is 2. The molecule has 9 heteroatoms. The SMILES string of the molecule is CNCC1CCN(S(=O)(=O)c2cc(Cl)cnc2N)CC1.Cl. The number of piperidine rings is 1. The second-order valence-electron chi connectivity index (χ2n) is 4.94. The molecule has 21 heavy (non-hydrogen) atoms. The Balaban J connectivity index is 0.00000220. The van der Waals surface area contributed by atoms with Crippen LogP contribution in [0.2, 0.25) is 5.02 Å². The summed E-state index contributed by atoms with van der Waals surface area (Å²) in [6.45, 7) is 1.91. The van der Waals surface area contributed by atoms with E-state index in [1.807, 2.05) is 7.05 Å². The van der Waals surface area contributed by atoms with Crippen molar-refractivity contribution in [2.45, 2.75) is 17.7 Å². The molecule has 1 aromatic heterocycles. The molecular formula is C12H20Cl2N4O2S. The molecule has 0 saturated carbocycles. The molecule has 1 aliphatic heterocycles. The predicted molar refractivity (Wildman–Crippen MR) is 86.3 cm³/mol. The number of halogens is 2. The minimum Gasteiger partial charge on any atom is -0.383 e. The largest absolute Gasteiger partial charge is 0.383 e. The molecule has 2 rings (SSSR count). The molecule has 0 unspecified atom stereocenters. The van der Waals surface area contributed by atoms with Gasteiger partial charge in [-0.15, -0.1) is 12.4 Å². The summed E-state index contributed by atoms with van der Waals surface area (Å²) in [5, 5.41) is 3.39. The molecule has 0 aliphatic carbocycles. The van der Waals surface area contributed by atoms with E-state index in [1.165, 1.54) is 16.6 Å². The third-order valence-corrected chi connectivity index (χ3v) is 5.67. The van der Waals surface area contributed by atoms with E-state index in [4.69, 9.17) is 17.3 Å². The van der Waals surface area contributed by atoms with Crippen LogP contribution in [0.1, 0.15) is 12.8 Å². The van der Waals surface area contributed by atoms with E-state index in [-0.39, 0.29) is 28.1 Å². The van der Waals surface area contributed by atoms with Gasteiger partial charge in [0.25, 0.3) is 0 Å². The third kappa shape index (κ3) is 4.20. The Morgan fingerprint density at radius 3 is 2.67 bits per heavy atom. The molecular weight excluding hydrogens is 335 g/mol. The van der Waals surface area contributed by atoms with Crippen LogP contribution >= 0.6 is 24.0 Å². The lowest BCUT2D eigenvalue weighted by molar-refractivity contribution is 0.271. The van der Waals surface area contributed by atoms with Crippen LogP contribution in [-0.4, -0.2) is 44.4 Å². The number of nitrogens with one attached hydrogen (secondary N) is 1. The van der Waals surface area contributed by atoms with Gasteiger partial charge in [-0.3, -0.25) is 0 Å². The van der Waals surface area contributed by atoms with Crippen LogP contribution in [-0.2, 0) is 10.0 Å². The average Bonchev–Trinajstić information content (AvgIpc) is 2.42. The van der Waals surface area contributed by atoms with Crippen molar-refractivity contribution in [3.05, 3.63) is 17.3 Å². The highest BCUT2D eigenvalue weighted by atomic mass is 35.5. The van der Waals surface area contributed by atoms with Gasteiger partial charge in [-0.25, -0.2) is 13.4 Å². The third-order valence-electron chi connectivity index (χ3n) is 3.53. The fourth-order valence-corrected chi connectivity index (χ4v) is 4.20. The molecule has 6 nitrogen and oxygen atoms in total. The monoisotopic (exact) mass is 354 g/mol. The first kappa shape index (κ1) is 18.4. The number of hydrogen-bond acceptors (Lipinski definition) is 5. The summed E-state index contributed by atoms with van der Waals surface area (Å²) in [6, 6.07) is 1.36. The van der Waals surface area contributed by atoms with E-state index in [0.29, 0.717) is 19.0 Å². The first-order chi connectivity index (χ1) is 9.45. The van der Waals surface area contributed by atoms with Gasteiger partial charge in [0.2, 0.25) is 10.0 Å². The summed E-state index contributed by atoms with van der Waals surface area (Å²) in [7, 11) is -1.71.